The van der Waals surface area contributed by atoms with Gasteiger partial charge in [-0.1, -0.05) is 0 Å². The van der Waals surface area contributed by atoms with Crippen LogP contribution in [0.25, 0.3) is 0 Å². The molecule has 0 aromatic rings. The molecule has 12 heavy (non-hydrogen) atoms. The molecule has 2 unspecified atom stereocenters. The fourth-order valence-electron chi connectivity index (χ4n) is 0.955. The summed E-state index contributed by atoms with van der Waals surface area (Å²) >= 11 is 0. The smallest absolute Gasteiger partial charge is 0.191 e. The summed E-state index contributed by atoms with van der Waals surface area (Å²) in [4.78, 5) is 4.21. The van der Waals surface area contributed by atoms with E-state index in [-0.39, 0.29) is 5.92 Å². The van der Waals surface area contributed by atoms with Gasteiger partial charge in [0, 0.05) is 12.6 Å². The lowest BCUT2D eigenvalue weighted by atomic mass is 10.2. The van der Waals surface area contributed by atoms with Gasteiger partial charge in [-0.2, -0.15) is 5.26 Å². The third-order valence-corrected chi connectivity index (χ3v) is 1.70. The van der Waals surface area contributed by atoms with Crippen LogP contribution in [0.4, 0.5) is 0 Å². The fourth-order valence-corrected chi connectivity index (χ4v) is 0.955. The first kappa shape index (κ1) is 8.85. The lowest BCUT2D eigenvalue weighted by Crippen LogP contribution is -2.39. The van der Waals surface area contributed by atoms with Gasteiger partial charge in [0.1, 0.15) is 0 Å². The van der Waals surface area contributed by atoms with Crippen LogP contribution in [0.2, 0.25) is 0 Å². The van der Waals surface area contributed by atoms with E-state index in [4.69, 9.17) is 5.26 Å². The molecule has 4 nitrogen and oxygen atoms in total. The molecular formula is C8H14N4. The monoisotopic (exact) mass is 166 g/mol. The number of aliphatic imine (C=N–C) groups is 1. The molecule has 0 aromatic carbocycles. The first-order valence-corrected chi connectivity index (χ1v) is 4.17. The molecule has 0 aromatic heterocycles. The molecule has 0 amide bonds. The van der Waals surface area contributed by atoms with Crippen molar-refractivity contribution in [1.29, 1.82) is 5.26 Å². The summed E-state index contributed by atoms with van der Waals surface area (Å²) in [6.45, 7) is 5.44. The van der Waals surface area contributed by atoms with Crippen LogP contribution in [0, 0.1) is 17.2 Å². The van der Waals surface area contributed by atoms with Crippen molar-refractivity contribution in [3.8, 4) is 6.07 Å². The molecule has 1 aliphatic rings. The number of hydrogen-bond donors (Lipinski definition) is 2. The first-order chi connectivity index (χ1) is 5.72. The standard InChI is InChI=1S/C8H14N4/c1-6(3-9)4-10-8-11-5-7(2)12-8/h6-7H,4-5H2,1-2H3,(H2,10,11,12). The molecule has 2 N–H and O–H groups in total. The zero-order valence-electron chi connectivity index (χ0n) is 7.46. The number of nitrogens with zero attached hydrogens (tertiary/aromatic N) is 2. The number of guanidine groups is 1. The Hall–Kier alpha value is -1.24. The molecule has 1 heterocycles. The van der Waals surface area contributed by atoms with Crippen LogP contribution < -0.4 is 10.6 Å². The summed E-state index contributed by atoms with van der Waals surface area (Å²) < 4.78 is 0. The third kappa shape index (κ3) is 2.42. The van der Waals surface area contributed by atoms with Gasteiger partial charge in [0.2, 0.25) is 0 Å². The predicted molar refractivity (Wildman–Crippen MR) is 47.7 cm³/mol. The normalized spacial score (nSPS) is 23.8. The molecular weight excluding hydrogens is 152 g/mol. The van der Waals surface area contributed by atoms with Crippen LogP contribution in [0.1, 0.15) is 13.8 Å². The Labute approximate surface area is 72.7 Å². The zero-order valence-corrected chi connectivity index (χ0v) is 7.46. The number of nitrogens with one attached hydrogen (secondary N) is 2. The van der Waals surface area contributed by atoms with Crippen LogP contribution in [-0.4, -0.2) is 25.1 Å². The zero-order chi connectivity index (χ0) is 8.97. The van der Waals surface area contributed by atoms with Gasteiger partial charge in [0.25, 0.3) is 0 Å². The van der Waals surface area contributed by atoms with E-state index in [1.54, 1.807) is 0 Å². The fraction of sp³-hybridized carbons (Fsp3) is 0.750. The van der Waals surface area contributed by atoms with Gasteiger partial charge in [0.05, 0.1) is 18.5 Å². The summed E-state index contributed by atoms with van der Waals surface area (Å²) in [6, 6.07) is 2.58. The van der Waals surface area contributed by atoms with Crippen LogP contribution in [0.15, 0.2) is 4.99 Å². The Morgan fingerprint density at radius 3 is 3.17 bits per heavy atom. The summed E-state index contributed by atoms with van der Waals surface area (Å²) in [5, 5.41) is 14.8. The van der Waals surface area contributed by atoms with Crippen molar-refractivity contribution >= 4 is 5.96 Å². The third-order valence-electron chi connectivity index (χ3n) is 1.70. The first-order valence-electron chi connectivity index (χ1n) is 4.17. The second-order valence-corrected chi connectivity index (χ2v) is 3.15. The van der Waals surface area contributed by atoms with E-state index in [1.165, 1.54) is 0 Å². The molecule has 0 bridgehead atoms. The molecule has 0 spiro atoms. The number of rotatable bonds is 2. The van der Waals surface area contributed by atoms with Crippen molar-refractivity contribution in [3.05, 3.63) is 0 Å². The average Bonchev–Trinajstić information content (AvgIpc) is 2.47. The lowest BCUT2D eigenvalue weighted by molar-refractivity contribution is 0.675. The van der Waals surface area contributed by atoms with Crippen molar-refractivity contribution in [2.75, 3.05) is 13.1 Å². The molecule has 0 saturated heterocycles. The summed E-state index contributed by atoms with van der Waals surface area (Å²) in [6.07, 6.45) is 0. The van der Waals surface area contributed by atoms with Crippen LogP contribution in [0.5, 0.6) is 0 Å². The van der Waals surface area contributed by atoms with E-state index in [0.717, 1.165) is 12.5 Å². The van der Waals surface area contributed by atoms with E-state index < -0.39 is 0 Å². The Balaban J connectivity index is 2.21. The largest absolute Gasteiger partial charge is 0.355 e. The molecule has 4 heteroatoms. The van der Waals surface area contributed by atoms with Gasteiger partial charge in [-0.15, -0.1) is 0 Å². The minimum Gasteiger partial charge on any atom is -0.355 e. The maximum Gasteiger partial charge on any atom is 0.191 e. The molecule has 0 aliphatic carbocycles. The van der Waals surface area contributed by atoms with Crippen LogP contribution in [-0.2, 0) is 0 Å². The Morgan fingerprint density at radius 2 is 2.67 bits per heavy atom. The number of nitriles is 1. The highest BCUT2D eigenvalue weighted by molar-refractivity contribution is 5.81. The predicted octanol–water partition coefficient (Wildman–Crippen LogP) is 0.0834. The summed E-state index contributed by atoms with van der Waals surface area (Å²) in [5.41, 5.74) is 0. The molecule has 1 aliphatic heterocycles. The minimum absolute atomic E-state index is 0.0328. The summed E-state index contributed by atoms with van der Waals surface area (Å²) in [7, 11) is 0. The van der Waals surface area contributed by atoms with Gasteiger partial charge < -0.3 is 10.6 Å². The van der Waals surface area contributed by atoms with Crippen molar-refractivity contribution < 1.29 is 0 Å². The van der Waals surface area contributed by atoms with Gasteiger partial charge >= 0.3 is 0 Å². The average molecular weight is 166 g/mol. The molecule has 0 radical (unpaired) electrons. The Morgan fingerprint density at radius 1 is 1.92 bits per heavy atom. The Kier molecular flexibility index (Phi) is 2.92. The highest BCUT2D eigenvalue weighted by Crippen LogP contribution is 1.93. The van der Waals surface area contributed by atoms with E-state index in [1.807, 2.05) is 6.92 Å². The van der Waals surface area contributed by atoms with Crippen molar-refractivity contribution in [2.45, 2.75) is 19.9 Å². The molecule has 66 valence electrons. The van der Waals surface area contributed by atoms with E-state index in [2.05, 4.69) is 28.6 Å². The SMILES string of the molecule is CC(C#N)CNC1=NCC(C)N1. The van der Waals surface area contributed by atoms with Crippen molar-refractivity contribution in [3.63, 3.8) is 0 Å². The topological polar surface area (TPSA) is 60.2 Å². The van der Waals surface area contributed by atoms with Crippen molar-refractivity contribution in [2.24, 2.45) is 10.9 Å². The maximum atomic E-state index is 8.51. The van der Waals surface area contributed by atoms with E-state index in [0.29, 0.717) is 12.6 Å². The molecule has 1 rings (SSSR count). The minimum atomic E-state index is 0.0328. The highest BCUT2D eigenvalue weighted by Gasteiger charge is 2.11. The highest BCUT2D eigenvalue weighted by atomic mass is 15.2. The van der Waals surface area contributed by atoms with Gasteiger partial charge in [-0.3, -0.25) is 4.99 Å². The lowest BCUT2D eigenvalue weighted by Gasteiger charge is -2.08. The quantitative estimate of drug-likeness (QED) is 0.611. The van der Waals surface area contributed by atoms with Gasteiger partial charge in [0.15, 0.2) is 5.96 Å². The van der Waals surface area contributed by atoms with Crippen LogP contribution >= 0.6 is 0 Å². The van der Waals surface area contributed by atoms with Gasteiger partial charge in [-0.25, -0.2) is 0 Å². The van der Waals surface area contributed by atoms with Crippen molar-refractivity contribution in [1.82, 2.24) is 10.6 Å². The molecule has 2 atom stereocenters. The Bertz CT molecular complexity index is 216. The molecule has 0 fully saturated rings. The second-order valence-electron chi connectivity index (χ2n) is 3.15. The van der Waals surface area contributed by atoms with E-state index >= 15 is 0 Å². The maximum absolute atomic E-state index is 8.51. The second kappa shape index (κ2) is 3.96. The molecule has 0 saturated carbocycles. The van der Waals surface area contributed by atoms with Crippen LogP contribution in [0.3, 0.4) is 0 Å². The van der Waals surface area contributed by atoms with Gasteiger partial charge in [-0.05, 0) is 13.8 Å². The van der Waals surface area contributed by atoms with E-state index in [9.17, 15) is 0 Å². The number of hydrogen-bond acceptors (Lipinski definition) is 4. The summed E-state index contributed by atoms with van der Waals surface area (Å²) in [5.74, 6) is 0.856.